The third-order valence-corrected chi connectivity index (χ3v) is 6.12. The van der Waals surface area contributed by atoms with Crippen LogP contribution < -0.4 is 10.6 Å². The first kappa shape index (κ1) is 20.6. The minimum atomic E-state index is -1.54. The zero-order valence-electron chi connectivity index (χ0n) is 16.1. The lowest BCUT2D eigenvalue weighted by Gasteiger charge is -2.28. The van der Waals surface area contributed by atoms with E-state index in [1.807, 2.05) is 19.9 Å². The van der Waals surface area contributed by atoms with Gasteiger partial charge in [0.1, 0.15) is 11.2 Å². The largest absolute Gasteiger partial charge is 0.463 e. The summed E-state index contributed by atoms with van der Waals surface area (Å²) in [7, 11) is 1.06. The zero-order valence-corrected chi connectivity index (χ0v) is 17.0. The van der Waals surface area contributed by atoms with Crippen LogP contribution in [0.3, 0.4) is 0 Å². The molecule has 2 amide bonds. The van der Waals surface area contributed by atoms with E-state index in [0.717, 1.165) is 30.0 Å². The van der Waals surface area contributed by atoms with Gasteiger partial charge in [-0.3, -0.25) is 14.4 Å². The van der Waals surface area contributed by atoms with E-state index in [-0.39, 0.29) is 0 Å². The number of nitrogens with one attached hydrogen (secondary N) is 2. The van der Waals surface area contributed by atoms with Crippen molar-refractivity contribution in [3.05, 3.63) is 53.6 Å². The van der Waals surface area contributed by atoms with Crippen molar-refractivity contribution in [2.45, 2.75) is 24.0 Å². The van der Waals surface area contributed by atoms with E-state index in [9.17, 15) is 19.2 Å². The number of ketones is 1. The van der Waals surface area contributed by atoms with Gasteiger partial charge in [0.25, 0.3) is 5.78 Å². The lowest BCUT2D eigenvalue weighted by Crippen LogP contribution is -2.47. The van der Waals surface area contributed by atoms with Gasteiger partial charge in [0.15, 0.2) is 0 Å². The van der Waals surface area contributed by atoms with Gasteiger partial charge in [0.2, 0.25) is 11.8 Å². The number of methoxy groups -OCH3 is 1. The number of esters is 1. The summed E-state index contributed by atoms with van der Waals surface area (Å²) in [5.41, 5.74) is 2.89. The van der Waals surface area contributed by atoms with E-state index < -0.39 is 34.7 Å². The quantitative estimate of drug-likeness (QED) is 0.445. The summed E-state index contributed by atoms with van der Waals surface area (Å²) in [4.78, 5) is 51.1. The maximum atomic E-state index is 13.1. The number of Topliss-reactive ketones (excluding diaryl/α,β-unsaturated/α-hetero) is 1. The van der Waals surface area contributed by atoms with Crippen molar-refractivity contribution < 1.29 is 23.9 Å². The van der Waals surface area contributed by atoms with Crippen LogP contribution in [0.5, 0.6) is 0 Å². The van der Waals surface area contributed by atoms with Crippen molar-refractivity contribution >= 4 is 46.7 Å². The predicted molar refractivity (Wildman–Crippen MR) is 110 cm³/mol. The molecule has 0 aromatic heterocycles. The molecular formula is C21H20N2O5S. The number of anilines is 2. The Kier molecular flexibility index (Phi) is 6.03. The van der Waals surface area contributed by atoms with Gasteiger partial charge < -0.3 is 15.4 Å². The molecule has 3 rings (SSSR count). The van der Waals surface area contributed by atoms with Crippen molar-refractivity contribution in [1.82, 2.24) is 0 Å². The van der Waals surface area contributed by atoms with Gasteiger partial charge in [-0.1, -0.05) is 24.3 Å². The SMILES string of the molecule is COC(=O)C(=O)[C@H](C(=O)Nc1cccc(C)c1C)[C@@H]1Sc2ccccc2NC1=O. The normalized spacial score (nSPS) is 16.2. The highest BCUT2D eigenvalue weighted by molar-refractivity contribution is 8.01. The molecule has 0 bridgehead atoms. The Morgan fingerprint density at radius 1 is 1.10 bits per heavy atom. The van der Waals surface area contributed by atoms with Crippen LogP contribution in [0.25, 0.3) is 0 Å². The molecule has 0 radical (unpaired) electrons. The maximum absolute atomic E-state index is 13.1. The summed E-state index contributed by atoms with van der Waals surface area (Å²) < 4.78 is 4.52. The lowest BCUT2D eigenvalue weighted by molar-refractivity contribution is -0.155. The van der Waals surface area contributed by atoms with Crippen molar-refractivity contribution in [1.29, 1.82) is 0 Å². The molecule has 150 valence electrons. The minimum absolute atomic E-state index is 0.513. The third-order valence-electron chi connectivity index (χ3n) is 4.77. The maximum Gasteiger partial charge on any atom is 0.375 e. The second kappa shape index (κ2) is 8.48. The average Bonchev–Trinajstić information content (AvgIpc) is 2.71. The molecule has 1 heterocycles. The fourth-order valence-corrected chi connectivity index (χ4v) is 4.23. The number of rotatable bonds is 5. The number of hydrogen-bond donors (Lipinski definition) is 2. The molecule has 2 N–H and O–H groups in total. The van der Waals surface area contributed by atoms with E-state index in [4.69, 9.17) is 0 Å². The van der Waals surface area contributed by atoms with Crippen LogP contribution >= 0.6 is 11.8 Å². The Bertz CT molecular complexity index is 1000. The highest BCUT2D eigenvalue weighted by atomic mass is 32.2. The molecule has 8 heteroatoms. The molecule has 0 fully saturated rings. The molecule has 2 atom stereocenters. The number of amides is 2. The summed E-state index contributed by atoms with van der Waals surface area (Å²) in [6.45, 7) is 3.73. The molecule has 0 saturated carbocycles. The van der Waals surface area contributed by atoms with Crippen LogP contribution in [0.1, 0.15) is 11.1 Å². The van der Waals surface area contributed by atoms with Crippen molar-refractivity contribution in [3.63, 3.8) is 0 Å². The predicted octanol–water partition coefficient (Wildman–Crippen LogP) is 2.71. The van der Waals surface area contributed by atoms with Crippen LogP contribution in [0, 0.1) is 19.8 Å². The average molecular weight is 412 g/mol. The van der Waals surface area contributed by atoms with Gasteiger partial charge in [0, 0.05) is 10.6 Å². The molecular weight excluding hydrogens is 392 g/mol. The summed E-state index contributed by atoms with van der Waals surface area (Å²) in [5, 5.41) is 4.28. The first-order valence-electron chi connectivity index (χ1n) is 8.89. The Morgan fingerprint density at radius 2 is 1.83 bits per heavy atom. The monoisotopic (exact) mass is 412 g/mol. The first-order chi connectivity index (χ1) is 13.8. The van der Waals surface area contributed by atoms with Crippen LogP contribution in [0.15, 0.2) is 47.4 Å². The van der Waals surface area contributed by atoms with Gasteiger partial charge in [-0.25, -0.2) is 4.79 Å². The van der Waals surface area contributed by atoms with E-state index in [2.05, 4.69) is 15.4 Å². The lowest BCUT2D eigenvalue weighted by atomic mass is 9.96. The Labute approximate surface area is 172 Å². The number of carbonyl (C=O) groups excluding carboxylic acids is 4. The first-order valence-corrected chi connectivity index (χ1v) is 9.77. The summed E-state index contributed by atoms with van der Waals surface area (Å²) in [5.74, 6) is -5.03. The molecule has 0 saturated heterocycles. The van der Waals surface area contributed by atoms with Crippen LogP contribution in [0.2, 0.25) is 0 Å². The molecule has 29 heavy (non-hydrogen) atoms. The molecule has 0 unspecified atom stereocenters. The molecule has 0 spiro atoms. The van der Waals surface area contributed by atoms with E-state index >= 15 is 0 Å². The number of aryl methyl sites for hydroxylation is 1. The number of para-hydroxylation sites is 1. The smallest absolute Gasteiger partial charge is 0.375 e. The van der Waals surface area contributed by atoms with Gasteiger partial charge >= 0.3 is 5.97 Å². The molecule has 0 aliphatic carbocycles. The Morgan fingerprint density at radius 3 is 2.55 bits per heavy atom. The van der Waals surface area contributed by atoms with Crippen molar-refractivity contribution in [3.8, 4) is 0 Å². The Balaban J connectivity index is 1.96. The zero-order chi connectivity index (χ0) is 21.1. The molecule has 1 aliphatic heterocycles. The van der Waals surface area contributed by atoms with Gasteiger partial charge in [0.05, 0.1) is 12.8 Å². The van der Waals surface area contributed by atoms with Crippen LogP contribution in [-0.2, 0) is 23.9 Å². The van der Waals surface area contributed by atoms with Crippen molar-refractivity contribution in [2.75, 3.05) is 17.7 Å². The van der Waals surface area contributed by atoms with E-state index in [0.29, 0.717) is 16.3 Å². The topological polar surface area (TPSA) is 102 Å². The standard InChI is InChI=1S/C21H20N2O5S/c1-11-7-6-9-13(12(11)2)22-19(25)16(17(24)21(27)28-3)18-20(26)23-14-8-4-5-10-15(14)29-18/h4-10,16,18H,1-3H3,(H,22,25)(H,23,26)/t16-,18-/m0/s1. The molecule has 7 nitrogen and oxygen atoms in total. The summed E-state index contributed by atoms with van der Waals surface area (Å²) in [6.07, 6.45) is 0. The van der Waals surface area contributed by atoms with E-state index in [1.165, 1.54) is 0 Å². The fraction of sp³-hybridized carbons (Fsp3) is 0.238. The second-order valence-corrected chi connectivity index (χ2v) is 7.78. The minimum Gasteiger partial charge on any atom is -0.463 e. The third kappa shape index (κ3) is 4.17. The number of benzene rings is 2. The molecule has 2 aromatic carbocycles. The summed E-state index contributed by atoms with van der Waals surface area (Å²) in [6, 6.07) is 12.4. The van der Waals surface area contributed by atoms with Gasteiger partial charge in [-0.2, -0.15) is 0 Å². The van der Waals surface area contributed by atoms with Crippen LogP contribution in [0.4, 0.5) is 11.4 Å². The fourth-order valence-electron chi connectivity index (χ4n) is 3.00. The molecule has 2 aromatic rings. The van der Waals surface area contributed by atoms with Gasteiger partial charge in [-0.15, -0.1) is 11.8 Å². The number of ether oxygens (including phenoxy) is 1. The Hall–Kier alpha value is -3.13. The van der Waals surface area contributed by atoms with Gasteiger partial charge in [-0.05, 0) is 43.2 Å². The number of hydrogen-bond acceptors (Lipinski definition) is 6. The highest BCUT2D eigenvalue weighted by Crippen LogP contribution is 2.39. The number of carbonyl (C=O) groups is 4. The number of thioether (sulfide) groups is 1. The van der Waals surface area contributed by atoms with Crippen molar-refractivity contribution in [2.24, 2.45) is 5.92 Å². The highest BCUT2D eigenvalue weighted by Gasteiger charge is 2.45. The second-order valence-electron chi connectivity index (χ2n) is 6.59. The summed E-state index contributed by atoms with van der Waals surface area (Å²) >= 11 is 1.07. The van der Waals surface area contributed by atoms with Crippen LogP contribution in [-0.4, -0.2) is 35.9 Å². The van der Waals surface area contributed by atoms with E-state index in [1.54, 1.807) is 36.4 Å². The molecule has 1 aliphatic rings. The number of fused-ring (bicyclic) bond motifs is 1.